The van der Waals surface area contributed by atoms with Crippen molar-refractivity contribution < 1.29 is 34.0 Å². The fourth-order valence-electron chi connectivity index (χ4n) is 4.13. The molecular formula is C35H29Cl2NO7. The number of benzene rings is 4. The normalized spacial score (nSPS) is 11.5. The molecule has 0 aliphatic rings. The van der Waals surface area contributed by atoms with Gasteiger partial charge in [-0.25, -0.2) is 0 Å². The molecule has 10 heteroatoms. The summed E-state index contributed by atoms with van der Waals surface area (Å²) in [6.45, 7) is 0. The molecule has 0 bridgehead atoms. The number of esters is 1. The maximum atomic E-state index is 12.9. The minimum Gasteiger partial charge on any atom is -0.508 e. The third-order valence-corrected chi connectivity index (χ3v) is 7.00. The summed E-state index contributed by atoms with van der Waals surface area (Å²) < 4.78 is 16.1. The van der Waals surface area contributed by atoms with Crippen LogP contribution in [0.5, 0.6) is 23.0 Å². The number of para-hydroxylation sites is 2. The van der Waals surface area contributed by atoms with Crippen molar-refractivity contribution in [2.45, 2.75) is 6.42 Å². The smallest absolute Gasteiger partial charge is 0.315 e. The van der Waals surface area contributed by atoms with Gasteiger partial charge < -0.3 is 29.7 Å². The predicted molar refractivity (Wildman–Crippen MR) is 177 cm³/mol. The minimum absolute atomic E-state index is 0.0125. The molecule has 4 rings (SSSR count). The van der Waals surface area contributed by atoms with Gasteiger partial charge in [0.05, 0.1) is 36.4 Å². The molecule has 4 aromatic rings. The number of hydrogen-bond acceptors (Lipinski definition) is 8. The van der Waals surface area contributed by atoms with Gasteiger partial charge in [-0.1, -0.05) is 71.8 Å². The van der Waals surface area contributed by atoms with Gasteiger partial charge in [0.25, 0.3) is 0 Å². The molecule has 0 aliphatic heterocycles. The Morgan fingerprint density at radius 3 is 2.16 bits per heavy atom. The summed E-state index contributed by atoms with van der Waals surface area (Å²) in [6.07, 6.45) is 6.76. The summed E-state index contributed by atoms with van der Waals surface area (Å²) in [5.41, 5.74) is 3.11. The van der Waals surface area contributed by atoms with Gasteiger partial charge in [-0.15, -0.1) is 0 Å². The lowest BCUT2D eigenvalue weighted by Crippen LogP contribution is -2.13. The average Bonchev–Trinajstić information content (AvgIpc) is 3.02. The highest BCUT2D eigenvalue weighted by molar-refractivity contribution is 6.39. The van der Waals surface area contributed by atoms with Gasteiger partial charge in [-0.2, -0.15) is 0 Å². The first-order valence-corrected chi connectivity index (χ1v) is 14.3. The second-order valence-corrected chi connectivity index (χ2v) is 10.3. The highest BCUT2D eigenvalue weighted by Gasteiger charge is 2.15. The van der Waals surface area contributed by atoms with Crippen molar-refractivity contribution in [1.29, 1.82) is 0 Å². The van der Waals surface area contributed by atoms with Crippen molar-refractivity contribution in [3.05, 3.63) is 130 Å². The number of halogens is 2. The molecule has 0 heterocycles. The van der Waals surface area contributed by atoms with Crippen LogP contribution in [0.25, 0.3) is 12.2 Å². The fourth-order valence-corrected chi connectivity index (χ4v) is 4.63. The fraction of sp³-hybridized carbons (Fsp3) is 0.0857. The topological polar surface area (TPSA) is 114 Å². The van der Waals surface area contributed by atoms with Crippen LogP contribution in [0.3, 0.4) is 0 Å². The van der Waals surface area contributed by atoms with Crippen molar-refractivity contribution in [2.24, 2.45) is 0 Å². The Hall–Kier alpha value is -5.18. The Kier molecular flexibility index (Phi) is 11.3. The molecule has 0 aliphatic carbocycles. The summed E-state index contributed by atoms with van der Waals surface area (Å²) in [5.74, 6) is -0.462. The SMILES string of the molecule is COc1cc(/C=C/C(=O)C=C(O)/C=C/c2ccc(OC(=O)Cc3ccccc3Nc3c(Cl)cccc3Cl)c(OC)c2)ccc1O. The van der Waals surface area contributed by atoms with Crippen LogP contribution in [0.2, 0.25) is 10.0 Å². The van der Waals surface area contributed by atoms with E-state index < -0.39 is 11.8 Å². The molecule has 4 aromatic carbocycles. The van der Waals surface area contributed by atoms with Crippen molar-refractivity contribution in [1.82, 2.24) is 0 Å². The van der Waals surface area contributed by atoms with Crippen molar-refractivity contribution in [3.63, 3.8) is 0 Å². The predicted octanol–water partition coefficient (Wildman–Crippen LogP) is 8.35. The second kappa shape index (κ2) is 15.5. The maximum Gasteiger partial charge on any atom is 0.315 e. The number of ketones is 1. The molecule has 0 fully saturated rings. The van der Waals surface area contributed by atoms with Crippen LogP contribution in [0.1, 0.15) is 16.7 Å². The number of hydrogen-bond donors (Lipinski definition) is 3. The van der Waals surface area contributed by atoms with Gasteiger partial charge in [0.1, 0.15) is 5.76 Å². The van der Waals surface area contributed by atoms with Crippen molar-refractivity contribution in [3.8, 4) is 23.0 Å². The number of aromatic hydroxyl groups is 1. The number of allylic oxidation sites excluding steroid dienone is 3. The lowest BCUT2D eigenvalue weighted by molar-refractivity contribution is -0.133. The Bertz CT molecular complexity index is 1780. The quantitative estimate of drug-likeness (QED) is 0.0463. The standard InChI is InChI=1S/C35H29Cl2NO7/c1-43-32-18-22(12-16-30(32)41)10-14-25(39)21-26(40)15-11-23-13-17-31(33(19-23)44-2)45-34(42)20-24-6-3-4-9-29(24)38-35-27(36)7-5-8-28(35)37/h3-19,21,38,40-41H,20H2,1-2H3/b14-10+,15-11+,26-21?. The van der Waals surface area contributed by atoms with Crippen LogP contribution in [0, 0.1) is 0 Å². The molecule has 3 N–H and O–H groups in total. The van der Waals surface area contributed by atoms with Gasteiger partial charge in [0.2, 0.25) is 0 Å². The summed E-state index contributed by atoms with van der Waals surface area (Å²) in [5, 5.41) is 24.0. The first-order chi connectivity index (χ1) is 21.7. The van der Waals surface area contributed by atoms with Crippen LogP contribution < -0.4 is 19.5 Å². The van der Waals surface area contributed by atoms with E-state index >= 15 is 0 Å². The minimum atomic E-state index is -0.519. The molecule has 0 amide bonds. The number of aliphatic hydroxyl groups is 1. The Morgan fingerprint density at radius 1 is 0.800 bits per heavy atom. The van der Waals surface area contributed by atoms with E-state index in [2.05, 4.69) is 5.32 Å². The van der Waals surface area contributed by atoms with Crippen LogP contribution in [-0.4, -0.2) is 36.2 Å². The van der Waals surface area contributed by atoms with E-state index in [1.807, 2.05) is 18.2 Å². The van der Waals surface area contributed by atoms with E-state index in [9.17, 15) is 19.8 Å². The molecule has 0 radical (unpaired) electrons. The number of carbonyl (C=O) groups is 2. The largest absolute Gasteiger partial charge is 0.508 e. The number of nitrogens with one attached hydrogen (secondary N) is 1. The van der Waals surface area contributed by atoms with Crippen molar-refractivity contribution in [2.75, 3.05) is 19.5 Å². The number of phenolic OH excluding ortho intramolecular Hbond substituents is 1. The molecular weight excluding hydrogens is 617 g/mol. The average molecular weight is 647 g/mol. The van der Waals surface area contributed by atoms with E-state index in [1.165, 1.54) is 38.5 Å². The number of anilines is 2. The van der Waals surface area contributed by atoms with Crippen LogP contribution in [-0.2, 0) is 16.0 Å². The molecule has 8 nitrogen and oxygen atoms in total. The summed E-state index contributed by atoms with van der Waals surface area (Å²) in [6, 6.07) is 21.9. The van der Waals surface area contributed by atoms with Crippen LogP contribution in [0.15, 0.2) is 103 Å². The number of phenols is 1. The molecule has 0 saturated carbocycles. The first-order valence-electron chi connectivity index (χ1n) is 13.5. The van der Waals surface area contributed by atoms with Crippen LogP contribution >= 0.6 is 23.2 Å². The molecule has 0 aromatic heterocycles. The zero-order valence-electron chi connectivity index (χ0n) is 24.3. The van der Waals surface area contributed by atoms with Gasteiger partial charge in [-0.05, 0) is 71.3 Å². The lowest BCUT2D eigenvalue weighted by Gasteiger charge is -2.15. The molecule has 230 valence electrons. The molecule has 0 unspecified atom stereocenters. The maximum absolute atomic E-state index is 12.9. The van der Waals surface area contributed by atoms with Crippen LogP contribution in [0.4, 0.5) is 11.4 Å². The molecule has 45 heavy (non-hydrogen) atoms. The zero-order chi connectivity index (χ0) is 32.3. The van der Waals surface area contributed by atoms with Crippen molar-refractivity contribution >= 4 is 58.5 Å². The summed E-state index contributed by atoms with van der Waals surface area (Å²) in [7, 11) is 2.87. The van der Waals surface area contributed by atoms with E-state index in [-0.39, 0.29) is 29.4 Å². The Balaban J connectivity index is 1.40. The van der Waals surface area contributed by atoms with E-state index in [1.54, 1.807) is 60.7 Å². The summed E-state index contributed by atoms with van der Waals surface area (Å²) >= 11 is 12.6. The molecule has 0 spiro atoms. The third-order valence-electron chi connectivity index (χ3n) is 6.37. The Labute approximate surface area is 270 Å². The van der Waals surface area contributed by atoms with Gasteiger partial charge >= 0.3 is 5.97 Å². The van der Waals surface area contributed by atoms with E-state index in [0.29, 0.717) is 43.9 Å². The number of aliphatic hydroxyl groups excluding tert-OH is 1. The van der Waals surface area contributed by atoms with E-state index in [0.717, 1.165) is 6.08 Å². The van der Waals surface area contributed by atoms with Gasteiger partial charge in [-0.3, -0.25) is 9.59 Å². The number of rotatable bonds is 12. The highest BCUT2D eigenvalue weighted by Crippen LogP contribution is 2.34. The molecule has 0 atom stereocenters. The first kappa shape index (κ1) is 32.7. The number of methoxy groups -OCH3 is 2. The summed E-state index contributed by atoms with van der Waals surface area (Å²) in [4.78, 5) is 25.2. The number of carbonyl (C=O) groups excluding carboxylic acids is 2. The number of ether oxygens (including phenoxy) is 3. The zero-order valence-corrected chi connectivity index (χ0v) is 25.8. The molecule has 0 saturated heterocycles. The monoisotopic (exact) mass is 645 g/mol. The van der Waals surface area contributed by atoms with Gasteiger partial charge in [0.15, 0.2) is 28.8 Å². The highest BCUT2D eigenvalue weighted by atomic mass is 35.5. The Morgan fingerprint density at radius 2 is 1.44 bits per heavy atom. The third kappa shape index (κ3) is 9.15. The van der Waals surface area contributed by atoms with E-state index in [4.69, 9.17) is 37.4 Å². The lowest BCUT2D eigenvalue weighted by atomic mass is 10.1. The second-order valence-electron chi connectivity index (χ2n) is 9.51. The van der Waals surface area contributed by atoms with Gasteiger partial charge in [0, 0.05) is 11.8 Å².